The van der Waals surface area contributed by atoms with Gasteiger partial charge in [0.2, 0.25) is 0 Å². The van der Waals surface area contributed by atoms with E-state index in [1.54, 1.807) is 24.3 Å². The number of aromatic nitrogens is 1. The number of benzene rings is 2. The molecule has 0 spiro atoms. The number of rotatable bonds is 2. The van der Waals surface area contributed by atoms with Gasteiger partial charge >= 0.3 is 12.4 Å². The molecule has 2 aromatic carbocycles. The summed E-state index contributed by atoms with van der Waals surface area (Å²) < 4.78 is 78.0. The van der Waals surface area contributed by atoms with Crippen LogP contribution in [0, 0.1) is 0 Å². The lowest BCUT2D eigenvalue weighted by molar-refractivity contribution is -0.143. The number of pyridine rings is 1. The van der Waals surface area contributed by atoms with E-state index in [0.29, 0.717) is 28.6 Å². The fourth-order valence-electron chi connectivity index (χ4n) is 2.66. The molecule has 3 rings (SSSR count). The van der Waals surface area contributed by atoms with E-state index < -0.39 is 35.0 Å². The van der Waals surface area contributed by atoms with Crippen LogP contribution in [-0.2, 0) is 12.4 Å². The van der Waals surface area contributed by atoms with Crippen LogP contribution < -0.4 is 11.1 Å². The van der Waals surface area contributed by atoms with Gasteiger partial charge in [0.05, 0.1) is 16.7 Å². The Kier molecular flexibility index (Phi) is 4.66. The van der Waals surface area contributed by atoms with Gasteiger partial charge in [-0.3, -0.25) is 4.79 Å². The fourth-order valence-corrected chi connectivity index (χ4v) is 2.66. The minimum Gasteiger partial charge on any atom is -0.398 e. The molecule has 1 aromatic heterocycles. The predicted molar refractivity (Wildman–Crippen MR) is 90.6 cm³/mol. The number of hydrogen-bond donors (Lipinski definition) is 2. The van der Waals surface area contributed by atoms with Crippen LogP contribution >= 0.6 is 0 Å². The van der Waals surface area contributed by atoms with E-state index in [4.69, 9.17) is 5.73 Å². The molecule has 3 N–H and O–H groups in total. The number of nitrogen functional groups attached to an aromatic ring is 1. The van der Waals surface area contributed by atoms with Gasteiger partial charge < -0.3 is 11.1 Å². The molecule has 0 aliphatic carbocycles. The minimum absolute atomic E-state index is 0.0668. The smallest absolute Gasteiger partial charge is 0.398 e. The Morgan fingerprint density at radius 1 is 0.929 bits per heavy atom. The summed E-state index contributed by atoms with van der Waals surface area (Å²) in [7, 11) is 0. The predicted octanol–water partition coefficient (Wildman–Crippen LogP) is 5.11. The molecular weight excluding hydrogens is 388 g/mol. The van der Waals surface area contributed by atoms with Gasteiger partial charge in [0.25, 0.3) is 5.91 Å². The number of nitrogens with zero attached hydrogens (tertiary/aromatic N) is 1. The lowest BCUT2D eigenvalue weighted by Crippen LogP contribution is -2.20. The maximum absolute atomic E-state index is 13.2. The summed E-state index contributed by atoms with van der Waals surface area (Å²) in [4.78, 5) is 16.3. The average Bonchev–Trinajstić information content (AvgIpc) is 2.60. The lowest BCUT2D eigenvalue weighted by atomic mass is 10.0. The van der Waals surface area contributed by atoms with Crippen molar-refractivity contribution >= 4 is 28.2 Å². The van der Waals surface area contributed by atoms with Crippen molar-refractivity contribution in [3.8, 4) is 0 Å². The molecule has 0 aliphatic heterocycles. The molecule has 0 aliphatic rings. The largest absolute Gasteiger partial charge is 0.417 e. The van der Waals surface area contributed by atoms with E-state index in [0.717, 1.165) is 0 Å². The van der Waals surface area contributed by atoms with Crippen LogP contribution in [0.25, 0.3) is 10.8 Å². The Labute approximate surface area is 154 Å². The lowest BCUT2D eigenvalue weighted by Gasteiger charge is -2.16. The second-order valence-corrected chi connectivity index (χ2v) is 5.81. The van der Waals surface area contributed by atoms with Gasteiger partial charge in [0, 0.05) is 22.7 Å². The summed E-state index contributed by atoms with van der Waals surface area (Å²) in [5, 5.41) is 3.09. The molecule has 4 nitrogen and oxygen atoms in total. The van der Waals surface area contributed by atoms with Crippen LogP contribution in [0.5, 0.6) is 0 Å². The van der Waals surface area contributed by atoms with Crippen LogP contribution in [0.15, 0.2) is 48.7 Å². The number of carbonyl (C=O) groups is 1. The Bertz CT molecular complexity index is 1060. The standard InChI is InChI=1S/C18H11F6N3O/c19-17(20,21)9-4-5-12(13(8-9)18(22,23)24)16(28)27-15-11-2-1-3-14(25)10(11)6-7-26-15/h1-8H,25H2,(H,26,27,28). The summed E-state index contributed by atoms with van der Waals surface area (Å²) in [6.45, 7) is 0. The number of carbonyl (C=O) groups excluding carboxylic acids is 1. The molecule has 0 atom stereocenters. The van der Waals surface area contributed by atoms with Crippen LogP contribution in [0.4, 0.5) is 37.8 Å². The summed E-state index contributed by atoms with van der Waals surface area (Å²) in [5.74, 6) is -1.31. The zero-order chi connectivity index (χ0) is 20.7. The van der Waals surface area contributed by atoms with Crippen molar-refractivity contribution in [2.45, 2.75) is 12.4 Å². The topological polar surface area (TPSA) is 68.0 Å². The van der Waals surface area contributed by atoms with Gasteiger partial charge in [-0.15, -0.1) is 0 Å². The Hall–Kier alpha value is -3.30. The monoisotopic (exact) mass is 399 g/mol. The zero-order valence-electron chi connectivity index (χ0n) is 13.8. The molecule has 1 heterocycles. The van der Waals surface area contributed by atoms with Gasteiger partial charge in [-0.1, -0.05) is 12.1 Å². The van der Waals surface area contributed by atoms with E-state index >= 15 is 0 Å². The summed E-state index contributed by atoms with van der Waals surface area (Å²) >= 11 is 0. The van der Waals surface area contributed by atoms with Crippen molar-refractivity contribution in [2.24, 2.45) is 0 Å². The van der Waals surface area contributed by atoms with E-state index in [2.05, 4.69) is 10.3 Å². The highest BCUT2D eigenvalue weighted by Crippen LogP contribution is 2.37. The van der Waals surface area contributed by atoms with Gasteiger partial charge in [-0.05, 0) is 30.3 Å². The van der Waals surface area contributed by atoms with Gasteiger partial charge in [0.1, 0.15) is 5.82 Å². The van der Waals surface area contributed by atoms with Crippen molar-refractivity contribution in [1.82, 2.24) is 4.98 Å². The second kappa shape index (κ2) is 6.70. The number of amides is 1. The number of anilines is 2. The Balaban J connectivity index is 2.05. The Morgan fingerprint density at radius 2 is 1.64 bits per heavy atom. The molecule has 3 aromatic rings. The summed E-state index contributed by atoms with van der Waals surface area (Å²) in [6, 6.07) is 7.06. The number of nitrogens with two attached hydrogens (primary N) is 1. The van der Waals surface area contributed by atoms with Crippen LogP contribution in [-0.4, -0.2) is 10.9 Å². The number of halogens is 6. The number of hydrogen-bond acceptors (Lipinski definition) is 3. The van der Waals surface area contributed by atoms with E-state index in [-0.39, 0.29) is 11.9 Å². The number of alkyl halides is 6. The zero-order valence-corrected chi connectivity index (χ0v) is 13.8. The van der Waals surface area contributed by atoms with Gasteiger partial charge in [0.15, 0.2) is 0 Å². The molecule has 0 saturated carbocycles. The van der Waals surface area contributed by atoms with Crippen molar-refractivity contribution in [3.05, 3.63) is 65.4 Å². The maximum Gasteiger partial charge on any atom is 0.417 e. The van der Waals surface area contributed by atoms with Gasteiger partial charge in [-0.2, -0.15) is 26.3 Å². The average molecular weight is 399 g/mol. The molecule has 10 heteroatoms. The normalized spacial score (nSPS) is 12.2. The van der Waals surface area contributed by atoms with Crippen molar-refractivity contribution in [3.63, 3.8) is 0 Å². The molecule has 0 radical (unpaired) electrons. The quantitative estimate of drug-likeness (QED) is 0.465. The summed E-state index contributed by atoms with van der Waals surface area (Å²) in [6.07, 6.45) is -8.85. The molecule has 146 valence electrons. The van der Waals surface area contributed by atoms with Crippen LogP contribution in [0.3, 0.4) is 0 Å². The maximum atomic E-state index is 13.2. The van der Waals surface area contributed by atoms with Crippen molar-refractivity contribution in [1.29, 1.82) is 0 Å². The first kappa shape index (κ1) is 19.5. The highest BCUT2D eigenvalue weighted by Gasteiger charge is 2.39. The Morgan fingerprint density at radius 3 is 2.29 bits per heavy atom. The van der Waals surface area contributed by atoms with Crippen molar-refractivity contribution < 1.29 is 31.1 Å². The first-order valence-electron chi connectivity index (χ1n) is 7.71. The highest BCUT2D eigenvalue weighted by atomic mass is 19.4. The molecule has 1 amide bonds. The number of fused-ring (bicyclic) bond motifs is 1. The summed E-state index contributed by atoms with van der Waals surface area (Å²) in [5.41, 5.74) is 2.01. The molecule has 0 saturated heterocycles. The third-order valence-corrected chi connectivity index (χ3v) is 3.97. The third kappa shape index (κ3) is 3.71. The van der Waals surface area contributed by atoms with E-state index in [9.17, 15) is 31.1 Å². The molecular formula is C18H11F6N3O. The second-order valence-electron chi connectivity index (χ2n) is 5.81. The van der Waals surface area contributed by atoms with Gasteiger partial charge in [-0.25, -0.2) is 4.98 Å². The highest BCUT2D eigenvalue weighted by molar-refractivity contribution is 6.10. The molecule has 28 heavy (non-hydrogen) atoms. The first-order valence-corrected chi connectivity index (χ1v) is 7.71. The molecule has 0 unspecified atom stereocenters. The minimum atomic E-state index is -5.16. The third-order valence-electron chi connectivity index (χ3n) is 3.97. The van der Waals surface area contributed by atoms with Crippen LogP contribution in [0.1, 0.15) is 21.5 Å². The van der Waals surface area contributed by atoms with Crippen molar-refractivity contribution in [2.75, 3.05) is 11.1 Å². The van der Waals surface area contributed by atoms with E-state index in [1.807, 2.05) is 0 Å². The SMILES string of the molecule is Nc1cccc2c(NC(=O)c3ccc(C(F)(F)F)cc3C(F)(F)F)nccc12. The first-order chi connectivity index (χ1) is 13.0. The fraction of sp³-hybridized carbons (Fsp3) is 0.111. The molecule has 0 fully saturated rings. The molecule has 0 bridgehead atoms. The number of nitrogens with one attached hydrogen (secondary N) is 1. The van der Waals surface area contributed by atoms with Crippen LogP contribution in [0.2, 0.25) is 0 Å². The van der Waals surface area contributed by atoms with E-state index in [1.165, 1.54) is 6.20 Å².